The van der Waals surface area contributed by atoms with Crippen LogP contribution in [0, 0.1) is 13.8 Å². The zero-order valence-corrected chi connectivity index (χ0v) is 16.2. The van der Waals surface area contributed by atoms with Crippen molar-refractivity contribution >= 4 is 10.9 Å². The molecular weight excluding hydrogens is 352 g/mol. The molecule has 7 heteroatoms. The quantitative estimate of drug-likeness (QED) is 0.537. The molecule has 28 heavy (non-hydrogen) atoms. The van der Waals surface area contributed by atoms with Crippen molar-refractivity contribution in [3.05, 3.63) is 81.9 Å². The van der Waals surface area contributed by atoms with Gasteiger partial charge in [-0.3, -0.25) is 9.69 Å². The molecule has 0 aliphatic carbocycles. The van der Waals surface area contributed by atoms with Crippen LogP contribution in [0.4, 0.5) is 0 Å². The Morgan fingerprint density at radius 3 is 2.50 bits per heavy atom. The number of hydrogen-bond donors (Lipinski definition) is 0. The molecule has 0 aliphatic rings. The average molecular weight is 374 g/mol. The van der Waals surface area contributed by atoms with Crippen LogP contribution in [0.5, 0.6) is 0 Å². The van der Waals surface area contributed by atoms with E-state index in [0.717, 1.165) is 22.6 Å². The van der Waals surface area contributed by atoms with Gasteiger partial charge in [0.25, 0.3) is 5.56 Å². The second kappa shape index (κ2) is 7.36. The zero-order valence-electron chi connectivity index (χ0n) is 16.2. The van der Waals surface area contributed by atoms with E-state index < -0.39 is 0 Å². The number of aromatic nitrogens is 5. The molecule has 2 aromatic heterocycles. The lowest BCUT2D eigenvalue weighted by atomic mass is 10.2. The lowest BCUT2D eigenvalue weighted by molar-refractivity contribution is 0.235. The van der Waals surface area contributed by atoms with Crippen LogP contribution in [0.1, 0.15) is 17.0 Å². The summed E-state index contributed by atoms with van der Waals surface area (Å²) >= 11 is 0. The molecule has 2 aromatic carbocycles. The monoisotopic (exact) mass is 374 g/mol. The maximum absolute atomic E-state index is 12.7. The van der Waals surface area contributed by atoms with E-state index >= 15 is 0 Å². The minimum absolute atomic E-state index is 0.133. The third kappa shape index (κ3) is 3.32. The Morgan fingerprint density at radius 2 is 1.71 bits per heavy atom. The second-order valence-electron chi connectivity index (χ2n) is 6.96. The van der Waals surface area contributed by atoms with Crippen molar-refractivity contribution < 1.29 is 0 Å². The van der Waals surface area contributed by atoms with Crippen LogP contribution in [-0.2, 0) is 13.2 Å². The Hall–Kier alpha value is -3.32. The smallest absolute Gasteiger partial charge is 0.278 e. The highest BCUT2D eigenvalue weighted by molar-refractivity contribution is 5.76. The minimum atomic E-state index is -0.133. The molecule has 0 saturated carbocycles. The fraction of sp³-hybridized carbons (Fsp3) is 0.238. The summed E-state index contributed by atoms with van der Waals surface area (Å²) in [5, 5.41) is 13.5. The van der Waals surface area contributed by atoms with E-state index in [-0.39, 0.29) is 5.56 Å². The fourth-order valence-electron chi connectivity index (χ4n) is 3.39. The summed E-state index contributed by atoms with van der Waals surface area (Å²) < 4.78 is 3.36. The maximum atomic E-state index is 12.7. The Morgan fingerprint density at radius 1 is 1.00 bits per heavy atom. The number of hydrogen-bond acceptors (Lipinski definition) is 5. The highest BCUT2D eigenvalue weighted by Gasteiger charge is 2.15. The standard InChI is InChI=1S/C21H22N6O/c1-15-19(16(2)27(23-15)17-9-5-4-6-10-17)13-25(3)14-26-21(28)18-11-7-8-12-20(18)22-24-26/h4-12H,13-14H2,1-3H3. The summed E-state index contributed by atoms with van der Waals surface area (Å²) in [4.78, 5) is 14.7. The first kappa shape index (κ1) is 18.1. The SMILES string of the molecule is Cc1nn(-c2ccccc2)c(C)c1CN(C)Cn1nnc2ccccc2c1=O. The largest absolute Gasteiger partial charge is 0.283 e. The molecule has 0 atom stereocenters. The van der Waals surface area contributed by atoms with Crippen molar-refractivity contribution in [1.29, 1.82) is 0 Å². The third-order valence-corrected chi connectivity index (χ3v) is 4.87. The van der Waals surface area contributed by atoms with Gasteiger partial charge in [-0.25, -0.2) is 4.68 Å². The molecule has 0 N–H and O–H groups in total. The van der Waals surface area contributed by atoms with E-state index in [0.29, 0.717) is 24.1 Å². The average Bonchev–Trinajstić information content (AvgIpc) is 2.99. The van der Waals surface area contributed by atoms with E-state index in [1.54, 1.807) is 12.1 Å². The van der Waals surface area contributed by atoms with Crippen LogP contribution >= 0.6 is 0 Å². The van der Waals surface area contributed by atoms with Gasteiger partial charge >= 0.3 is 0 Å². The summed E-state index contributed by atoms with van der Waals surface area (Å²) in [7, 11) is 1.96. The van der Waals surface area contributed by atoms with Crippen molar-refractivity contribution in [3.63, 3.8) is 0 Å². The molecule has 2 heterocycles. The second-order valence-corrected chi connectivity index (χ2v) is 6.96. The van der Waals surface area contributed by atoms with Gasteiger partial charge in [-0.2, -0.15) is 9.78 Å². The Balaban J connectivity index is 1.58. The van der Waals surface area contributed by atoms with Crippen molar-refractivity contribution in [2.45, 2.75) is 27.1 Å². The molecule has 0 bridgehead atoms. The Kier molecular flexibility index (Phi) is 4.75. The van der Waals surface area contributed by atoms with Gasteiger partial charge in [-0.1, -0.05) is 35.5 Å². The van der Waals surface area contributed by atoms with E-state index in [4.69, 9.17) is 5.10 Å². The molecular formula is C21H22N6O. The molecule has 0 saturated heterocycles. The molecule has 0 fully saturated rings. The first-order chi connectivity index (χ1) is 13.5. The fourth-order valence-corrected chi connectivity index (χ4v) is 3.39. The van der Waals surface area contributed by atoms with Gasteiger partial charge in [-0.15, -0.1) is 5.10 Å². The Labute approximate surface area is 162 Å². The van der Waals surface area contributed by atoms with Crippen molar-refractivity contribution in [2.24, 2.45) is 0 Å². The number of fused-ring (bicyclic) bond motifs is 1. The third-order valence-electron chi connectivity index (χ3n) is 4.87. The topological polar surface area (TPSA) is 68.8 Å². The lowest BCUT2D eigenvalue weighted by Crippen LogP contribution is -2.32. The van der Waals surface area contributed by atoms with Crippen LogP contribution in [0.2, 0.25) is 0 Å². The van der Waals surface area contributed by atoms with E-state index in [1.807, 2.05) is 66.0 Å². The molecule has 4 rings (SSSR count). The van der Waals surface area contributed by atoms with Gasteiger partial charge in [0.2, 0.25) is 0 Å². The predicted molar refractivity (Wildman–Crippen MR) is 108 cm³/mol. The summed E-state index contributed by atoms with van der Waals surface area (Å²) in [5.74, 6) is 0. The molecule has 0 radical (unpaired) electrons. The number of aryl methyl sites for hydroxylation is 1. The number of benzene rings is 2. The summed E-state index contributed by atoms with van der Waals surface area (Å²) in [6.45, 7) is 5.09. The molecule has 142 valence electrons. The van der Waals surface area contributed by atoms with Crippen LogP contribution in [0.3, 0.4) is 0 Å². The van der Waals surface area contributed by atoms with Gasteiger partial charge < -0.3 is 0 Å². The highest BCUT2D eigenvalue weighted by Crippen LogP contribution is 2.19. The highest BCUT2D eigenvalue weighted by atomic mass is 16.1. The normalized spacial score (nSPS) is 11.4. The van der Waals surface area contributed by atoms with E-state index in [1.165, 1.54) is 4.68 Å². The number of nitrogens with zero attached hydrogens (tertiary/aromatic N) is 6. The number of rotatable bonds is 5. The molecule has 0 unspecified atom stereocenters. The number of para-hydroxylation sites is 1. The van der Waals surface area contributed by atoms with Crippen LogP contribution in [-0.4, -0.2) is 36.7 Å². The van der Waals surface area contributed by atoms with Gasteiger partial charge in [0.05, 0.1) is 23.4 Å². The van der Waals surface area contributed by atoms with Gasteiger partial charge in [0.1, 0.15) is 5.52 Å². The summed E-state index contributed by atoms with van der Waals surface area (Å²) in [5.41, 5.74) is 4.73. The van der Waals surface area contributed by atoms with Crippen molar-refractivity contribution in [1.82, 2.24) is 29.7 Å². The molecule has 0 spiro atoms. The Bertz CT molecular complexity index is 1180. The molecule has 0 aliphatic heterocycles. The van der Waals surface area contributed by atoms with Gasteiger partial charge in [-0.05, 0) is 45.2 Å². The van der Waals surface area contributed by atoms with Gasteiger partial charge in [0.15, 0.2) is 0 Å². The maximum Gasteiger partial charge on any atom is 0.278 e. The first-order valence-electron chi connectivity index (χ1n) is 9.16. The zero-order chi connectivity index (χ0) is 19.7. The molecule has 7 nitrogen and oxygen atoms in total. The summed E-state index contributed by atoms with van der Waals surface area (Å²) in [6.07, 6.45) is 0. The molecule has 0 amide bonds. The van der Waals surface area contributed by atoms with E-state index in [9.17, 15) is 4.79 Å². The molecule has 4 aromatic rings. The summed E-state index contributed by atoms with van der Waals surface area (Å²) in [6, 6.07) is 17.3. The van der Waals surface area contributed by atoms with Crippen LogP contribution in [0.15, 0.2) is 59.4 Å². The van der Waals surface area contributed by atoms with Crippen LogP contribution in [0.25, 0.3) is 16.6 Å². The van der Waals surface area contributed by atoms with Crippen molar-refractivity contribution in [2.75, 3.05) is 7.05 Å². The lowest BCUT2D eigenvalue weighted by Gasteiger charge is -2.17. The van der Waals surface area contributed by atoms with Crippen LogP contribution < -0.4 is 5.56 Å². The van der Waals surface area contributed by atoms with Crippen molar-refractivity contribution in [3.8, 4) is 5.69 Å². The predicted octanol–water partition coefficient (Wildman–Crippen LogP) is 2.68. The minimum Gasteiger partial charge on any atom is -0.283 e. The van der Waals surface area contributed by atoms with Gasteiger partial charge in [0, 0.05) is 17.8 Å². The first-order valence-corrected chi connectivity index (χ1v) is 9.16. The van der Waals surface area contributed by atoms with E-state index in [2.05, 4.69) is 17.2 Å².